The molecule has 30 heavy (non-hydrogen) atoms. The predicted octanol–water partition coefficient (Wildman–Crippen LogP) is 2.03. The average Bonchev–Trinajstić information content (AvgIpc) is 3.05. The number of phosphoric acid groups is 1. The van der Waals surface area contributed by atoms with Crippen LogP contribution >= 0.6 is 7.82 Å². The molecule has 1 aliphatic rings. The molecule has 2 aromatic carbocycles. The monoisotopic (exact) mass is 436 g/mol. The molecule has 0 saturated heterocycles. The minimum Gasteiger partial charge on any atom is -0.485 e. The fourth-order valence-corrected chi connectivity index (χ4v) is 3.33. The van der Waals surface area contributed by atoms with E-state index in [1.54, 1.807) is 36.4 Å². The molecule has 2 atom stereocenters. The normalized spacial score (nSPS) is 17.6. The number of phosphoric ester groups is 1. The van der Waals surface area contributed by atoms with Crippen molar-refractivity contribution in [1.29, 1.82) is 0 Å². The molecule has 0 aromatic heterocycles. The zero-order valence-electron chi connectivity index (χ0n) is 15.8. The Kier molecular flexibility index (Phi) is 7.25. The zero-order chi connectivity index (χ0) is 21.6. The topological polar surface area (TPSA) is 132 Å². The number of ether oxygens (including phenoxy) is 3. The van der Waals surface area contributed by atoms with E-state index >= 15 is 0 Å². The number of cyclic esters (lactones) is 1. The molecule has 1 aliphatic heterocycles. The minimum absolute atomic E-state index is 0.0373. The molecule has 3 N–H and O–H groups in total. The highest BCUT2D eigenvalue weighted by molar-refractivity contribution is 7.46. The first-order valence-corrected chi connectivity index (χ1v) is 10.5. The lowest BCUT2D eigenvalue weighted by atomic mass is 10.1. The van der Waals surface area contributed by atoms with Gasteiger partial charge in [-0.25, -0.2) is 9.36 Å². The van der Waals surface area contributed by atoms with E-state index in [0.717, 1.165) is 11.1 Å². The van der Waals surface area contributed by atoms with Gasteiger partial charge in [-0.1, -0.05) is 60.7 Å². The van der Waals surface area contributed by atoms with Crippen LogP contribution in [-0.4, -0.2) is 39.7 Å². The molecule has 0 saturated carbocycles. The van der Waals surface area contributed by atoms with Crippen LogP contribution in [0, 0.1) is 0 Å². The second kappa shape index (κ2) is 9.88. The summed E-state index contributed by atoms with van der Waals surface area (Å²) in [5.74, 6) is -1.23. The van der Waals surface area contributed by atoms with Crippen LogP contribution in [0.5, 0.6) is 0 Å². The molecule has 0 aliphatic carbocycles. The molecule has 0 unspecified atom stereocenters. The van der Waals surface area contributed by atoms with E-state index in [4.69, 9.17) is 24.0 Å². The molecule has 0 amide bonds. The Labute approximate surface area is 172 Å². The highest BCUT2D eigenvalue weighted by atomic mass is 31.2. The van der Waals surface area contributed by atoms with Gasteiger partial charge in [0, 0.05) is 0 Å². The first-order chi connectivity index (χ1) is 14.4. The summed E-state index contributed by atoms with van der Waals surface area (Å²) in [7, 11) is -4.97. The Bertz CT molecular complexity index is 924. The summed E-state index contributed by atoms with van der Waals surface area (Å²) in [4.78, 5) is 30.6. The lowest BCUT2D eigenvalue weighted by molar-refractivity contribution is -0.148. The van der Waals surface area contributed by atoms with Crippen molar-refractivity contribution >= 4 is 13.8 Å². The third kappa shape index (κ3) is 5.91. The number of aliphatic hydroxyl groups excluding tert-OH is 1. The van der Waals surface area contributed by atoms with E-state index in [1.165, 1.54) is 0 Å². The highest BCUT2D eigenvalue weighted by Gasteiger charge is 2.45. The van der Waals surface area contributed by atoms with Gasteiger partial charge in [0.1, 0.15) is 19.3 Å². The summed E-state index contributed by atoms with van der Waals surface area (Å²) in [5.41, 5.74) is 1.57. The quantitative estimate of drug-likeness (QED) is 0.378. The van der Waals surface area contributed by atoms with Crippen LogP contribution in [0.2, 0.25) is 0 Å². The largest absolute Gasteiger partial charge is 0.485 e. The van der Waals surface area contributed by atoms with Crippen LogP contribution in [0.15, 0.2) is 72.2 Å². The number of benzene rings is 2. The van der Waals surface area contributed by atoms with Gasteiger partial charge in [0.2, 0.25) is 5.76 Å². The van der Waals surface area contributed by atoms with Gasteiger partial charge >= 0.3 is 13.8 Å². The number of hydrogen-bond donors (Lipinski definition) is 3. The Morgan fingerprint density at radius 3 is 1.97 bits per heavy atom. The lowest BCUT2D eigenvalue weighted by Crippen LogP contribution is -2.34. The van der Waals surface area contributed by atoms with Crippen LogP contribution in [0.25, 0.3) is 0 Å². The third-order valence-electron chi connectivity index (χ3n) is 4.16. The van der Waals surface area contributed by atoms with Gasteiger partial charge in [-0.3, -0.25) is 4.52 Å². The Hall–Kier alpha value is -2.68. The maximum atomic E-state index is 12.4. The van der Waals surface area contributed by atoms with Crippen LogP contribution in [0.4, 0.5) is 0 Å². The van der Waals surface area contributed by atoms with Crippen LogP contribution in [-0.2, 0) is 41.3 Å². The smallest absolute Gasteiger partial charge is 0.470 e. The molecule has 3 rings (SSSR count). The molecule has 2 aromatic rings. The molecular weight excluding hydrogens is 415 g/mol. The molecular formula is C20H21O9P. The van der Waals surface area contributed by atoms with Crippen molar-refractivity contribution in [1.82, 2.24) is 0 Å². The number of carbonyl (C=O) groups excluding carboxylic acids is 1. The highest BCUT2D eigenvalue weighted by Crippen LogP contribution is 2.41. The second-order valence-corrected chi connectivity index (χ2v) is 7.58. The summed E-state index contributed by atoms with van der Waals surface area (Å²) in [6.45, 7) is -0.748. The predicted molar refractivity (Wildman–Crippen MR) is 103 cm³/mol. The molecule has 160 valence electrons. The summed E-state index contributed by atoms with van der Waals surface area (Å²) in [6, 6.07) is 18.1. The molecule has 0 fully saturated rings. The van der Waals surface area contributed by atoms with E-state index in [1.807, 2.05) is 24.3 Å². The number of rotatable bonds is 10. The SMILES string of the molecule is O=C1O[C@H]([C@H](CO)OP(=O)(O)O)C(OCc2ccccc2)=C1OCc1ccccc1. The van der Waals surface area contributed by atoms with Gasteiger partial charge in [0.25, 0.3) is 0 Å². The number of esters is 1. The third-order valence-corrected chi connectivity index (χ3v) is 4.70. The maximum Gasteiger partial charge on any atom is 0.470 e. The van der Waals surface area contributed by atoms with E-state index < -0.39 is 32.6 Å². The Balaban J connectivity index is 1.85. The van der Waals surface area contributed by atoms with Gasteiger partial charge in [-0.15, -0.1) is 0 Å². The van der Waals surface area contributed by atoms with Crippen molar-refractivity contribution in [2.45, 2.75) is 25.4 Å². The number of carbonyl (C=O) groups is 1. The van der Waals surface area contributed by atoms with E-state index in [2.05, 4.69) is 4.52 Å². The first kappa shape index (κ1) is 22.0. The van der Waals surface area contributed by atoms with Gasteiger partial charge in [0.05, 0.1) is 6.61 Å². The molecule has 0 bridgehead atoms. The summed E-state index contributed by atoms with van der Waals surface area (Å²) in [5, 5.41) is 9.55. The van der Waals surface area contributed by atoms with E-state index in [9.17, 15) is 14.5 Å². The zero-order valence-corrected chi connectivity index (χ0v) is 16.7. The van der Waals surface area contributed by atoms with Crippen LogP contribution in [0.3, 0.4) is 0 Å². The van der Waals surface area contributed by atoms with Crippen LogP contribution in [0.1, 0.15) is 11.1 Å². The van der Waals surface area contributed by atoms with Crippen molar-refractivity contribution < 1.29 is 43.0 Å². The fraction of sp³-hybridized carbons (Fsp3) is 0.250. The van der Waals surface area contributed by atoms with Gasteiger partial charge in [-0.2, -0.15) is 0 Å². The molecule has 1 heterocycles. The lowest BCUT2D eigenvalue weighted by Gasteiger charge is -2.23. The van der Waals surface area contributed by atoms with Gasteiger partial charge in [0.15, 0.2) is 11.9 Å². The second-order valence-electron chi connectivity index (χ2n) is 6.38. The summed E-state index contributed by atoms with van der Waals surface area (Å²) in [6.07, 6.45) is -2.93. The standard InChI is InChI=1S/C20H21O9P/c21-11-16(29-30(23,24)25)17-18(26-12-14-7-3-1-4-8-14)19(20(22)28-17)27-13-15-9-5-2-6-10-15/h1-10,16-17,21H,11-13H2,(H2,23,24,25)/t16-,17+/m0/s1. The van der Waals surface area contributed by atoms with Crippen LogP contribution < -0.4 is 0 Å². The number of hydrogen-bond acceptors (Lipinski definition) is 7. The number of aliphatic hydroxyl groups is 1. The minimum atomic E-state index is -4.97. The maximum absolute atomic E-state index is 12.4. The van der Waals surface area contributed by atoms with Crippen molar-refractivity contribution in [2.75, 3.05) is 6.61 Å². The summed E-state index contributed by atoms with van der Waals surface area (Å²) < 4.78 is 32.3. The fourth-order valence-electron chi connectivity index (χ4n) is 2.80. The molecule has 10 heteroatoms. The van der Waals surface area contributed by atoms with Gasteiger partial charge < -0.3 is 29.1 Å². The van der Waals surface area contributed by atoms with Crippen molar-refractivity contribution in [3.8, 4) is 0 Å². The average molecular weight is 436 g/mol. The molecule has 0 spiro atoms. The van der Waals surface area contributed by atoms with E-state index in [0.29, 0.717) is 0 Å². The summed E-state index contributed by atoms with van der Waals surface area (Å²) >= 11 is 0. The molecule has 0 radical (unpaired) electrons. The van der Waals surface area contributed by atoms with Crippen molar-refractivity contribution in [3.63, 3.8) is 0 Å². The Morgan fingerprint density at radius 1 is 0.933 bits per heavy atom. The van der Waals surface area contributed by atoms with Gasteiger partial charge in [-0.05, 0) is 11.1 Å². The molecule has 9 nitrogen and oxygen atoms in total. The Morgan fingerprint density at radius 2 is 1.47 bits per heavy atom. The van der Waals surface area contributed by atoms with Crippen molar-refractivity contribution in [2.24, 2.45) is 0 Å². The van der Waals surface area contributed by atoms with E-state index in [-0.39, 0.29) is 24.7 Å². The first-order valence-electron chi connectivity index (χ1n) is 9.01. The van der Waals surface area contributed by atoms with Crippen molar-refractivity contribution in [3.05, 3.63) is 83.3 Å².